The summed E-state index contributed by atoms with van der Waals surface area (Å²) in [7, 11) is 1.85. The van der Waals surface area contributed by atoms with Gasteiger partial charge in [0.15, 0.2) is 6.10 Å². The van der Waals surface area contributed by atoms with Crippen molar-refractivity contribution in [1.29, 1.82) is 0 Å². The van der Waals surface area contributed by atoms with Gasteiger partial charge in [0.2, 0.25) is 5.91 Å². The summed E-state index contributed by atoms with van der Waals surface area (Å²) < 4.78 is 11.8. The van der Waals surface area contributed by atoms with Crippen LogP contribution in [0.3, 0.4) is 0 Å². The standard InChI is InChI=1S/C22H30N2O3.C4H6O5/c1-26-22(16-5-2-4-15(8-16)20(23)25)17-6-3-7-18(22)12-24(11-17)19-9-21(10-19)13-27-14-21;5-2(4(8)9)1-3(6)7/h2,4-5,8,17-19H,3,6-7,9-14H2,1H3,(H2,23,25);2,5H,1H2,(H,6,7)(H,8,9)/t17-,18+,22?;2-/m.0/s1. The molecule has 4 aliphatic rings. The lowest BCUT2D eigenvalue weighted by Gasteiger charge is -2.61. The molecule has 2 aliphatic heterocycles. The van der Waals surface area contributed by atoms with Crippen molar-refractivity contribution >= 4 is 17.8 Å². The van der Waals surface area contributed by atoms with Crippen molar-refractivity contribution in [2.24, 2.45) is 23.0 Å². The van der Waals surface area contributed by atoms with Gasteiger partial charge in [0.05, 0.1) is 19.6 Å². The molecule has 4 fully saturated rings. The maximum absolute atomic E-state index is 11.7. The number of likely N-dealkylation sites (tertiary alicyclic amines) is 1. The molecular formula is C26H36N2O8. The predicted molar refractivity (Wildman–Crippen MR) is 128 cm³/mol. The number of carbonyl (C=O) groups excluding carboxylic acids is 1. The third-order valence-electron chi connectivity index (χ3n) is 8.49. The smallest absolute Gasteiger partial charge is 0.333 e. The molecule has 10 nitrogen and oxygen atoms in total. The minimum absolute atomic E-state index is 0.290. The molecule has 2 heterocycles. The van der Waals surface area contributed by atoms with Gasteiger partial charge in [-0.25, -0.2) is 4.79 Å². The first kappa shape index (κ1) is 26.5. The topological polar surface area (TPSA) is 160 Å². The molecule has 1 spiro atoms. The Bertz CT molecular complexity index is 972. The van der Waals surface area contributed by atoms with Crippen molar-refractivity contribution < 1.29 is 39.2 Å². The highest BCUT2D eigenvalue weighted by molar-refractivity contribution is 5.93. The molecule has 2 aliphatic carbocycles. The van der Waals surface area contributed by atoms with E-state index < -0.39 is 24.5 Å². The fraction of sp³-hybridized carbons (Fsp3) is 0.654. The second kappa shape index (κ2) is 10.5. The van der Waals surface area contributed by atoms with Gasteiger partial charge < -0.3 is 30.5 Å². The van der Waals surface area contributed by atoms with Gasteiger partial charge in [-0.05, 0) is 43.4 Å². The molecule has 4 atom stereocenters. The van der Waals surface area contributed by atoms with Crippen molar-refractivity contribution in [3.05, 3.63) is 35.4 Å². The summed E-state index contributed by atoms with van der Waals surface area (Å²) >= 11 is 0. The van der Waals surface area contributed by atoms with Gasteiger partial charge in [-0.15, -0.1) is 0 Å². The average molecular weight is 505 g/mol. The summed E-state index contributed by atoms with van der Waals surface area (Å²) in [5.74, 6) is -2.28. The number of benzene rings is 1. The van der Waals surface area contributed by atoms with E-state index in [1.807, 2.05) is 19.2 Å². The highest BCUT2D eigenvalue weighted by Gasteiger charge is 2.57. The quantitative estimate of drug-likeness (QED) is 0.431. The number of carboxylic acids is 2. The van der Waals surface area contributed by atoms with Crippen LogP contribution in [0.1, 0.15) is 54.4 Å². The minimum atomic E-state index is -1.79. The average Bonchev–Trinajstić information content (AvgIpc) is 2.76. The zero-order valence-electron chi connectivity index (χ0n) is 20.6. The third-order valence-corrected chi connectivity index (χ3v) is 8.49. The number of nitrogens with zero attached hydrogens (tertiary/aromatic N) is 1. The Labute approximate surface area is 210 Å². The van der Waals surface area contributed by atoms with Crippen LogP contribution in [-0.2, 0) is 24.7 Å². The van der Waals surface area contributed by atoms with Gasteiger partial charge in [-0.1, -0.05) is 18.6 Å². The first-order valence-electron chi connectivity index (χ1n) is 12.5. The van der Waals surface area contributed by atoms with Gasteiger partial charge in [-0.2, -0.15) is 0 Å². The van der Waals surface area contributed by atoms with E-state index in [9.17, 15) is 14.4 Å². The summed E-state index contributed by atoms with van der Waals surface area (Å²) in [6, 6.07) is 8.56. The predicted octanol–water partition coefficient (Wildman–Crippen LogP) is 1.44. The molecule has 1 aromatic rings. The SMILES string of the molecule is COC1(c2cccc(C(N)=O)c2)[C@@H]2CCC[C@H]1CN(C1CC3(COC3)C1)C2.O=C(O)C[C@H](O)C(=O)O. The summed E-state index contributed by atoms with van der Waals surface area (Å²) in [4.78, 5) is 33.9. The van der Waals surface area contributed by atoms with Crippen molar-refractivity contribution in [3.8, 4) is 0 Å². The highest BCUT2D eigenvalue weighted by Crippen LogP contribution is 2.55. The molecule has 1 amide bonds. The zero-order valence-corrected chi connectivity index (χ0v) is 20.6. The molecule has 2 bridgehead atoms. The number of rotatable bonds is 7. The molecule has 5 N–H and O–H groups in total. The van der Waals surface area contributed by atoms with E-state index >= 15 is 0 Å². The summed E-state index contributed by atoms with van der Waals surface area (Å²) in [6.45, 7) is 4.11. The zero-order chi connectivity index (χ0) is 26.1. The van der Waals surface area contributed by atoms with E-state index in [1.54, 1.807) is 6.07 Å². The second-order valence-corrected chi connectivity index (χ2v) is 10.7. The molecule has 10 heteroatoms. The number of nitrogens with two attached hydrogens (primary N) is 1. The van der Waals surface area contributed by atoms with Crippen LogP contribution in [-0.4, -0.2) is 83.6 Å². The third kappa shape index (κ3) is 5.00. The van der Waals surface area contributed by atoms with Gasteiger partial charge in [0.1, 0.15) is 5.60 Å². The van der Waals surface area contributed by atoms with Crippen molar-refractivity contribution in [2.45, 2.75) is 56.3 Å². The van der Waals surface area contributed by atoms with Gasteiger partial charge in [0.25, 0.3) is 0 Å². The number of amides is 1. The summed E-state index contributed by atoms with van der Waals surface area (Å²) in [5.41, 5.74) is 7.47. The Morgan fingerprint density at radius 3 is 2.25 bits per heavy atom. The number of fused-ring (bicyclic) bond motifs is 2. The molecule has 0 radical (unpaired) electrons. The number of hydrogen-bond acceptors (Lipinski definition) is 7. The molecule has 2 saturated heterocycles. The van der Waals surface area contributed by atoms with Crippen LogP contribution in [0.2, 0.25) is 0 Å². The largest absolute Gasteiger partial charge is 0.481 e. The number of methoxy groups -OCH3 is 1. The van der Waals surface area contributed by atoms with Crippen LogP contribution in [0.4, 0.5) is 0 Å². The lowest BCUT2D eigenvalue weighted by molar-refractivity contribution is -0.215. The summed E-state index contributed by atoms with van der Waals surface area (Å²) in [5, 5.41) is 24.1. The number of aliphatic hydroxyl groups excluding tert-OH is 1. The first-order chi connectivity index (χ1) is 17.1. The molecule has 0 aromatic heterocycles. The number of primary amides is 1. The Morgan fingerprint density at radius 2 is 1.81 bits per heavy atom. The van der Waals surface area contributed by atoms with Crippen LogP contribution in [0.5, 0.6) is 0 Å². The number of carbonyl (C=O) groups is 3. The molecular weight excluding hydrogens is 468 g/mol. The Morgan fingerprint density at radius 1 is 1.17 bits per heavy atom. The molecule has 198 valence electrons. The van der Waals surface area contributed by atoms with Crippen LogP contribution in [0.15, 0.2) is 24.3 Å². The Balaban J connectivity index is 0.000000292. The Hall–Kier alpha value is -2.53. The normalized spacial score (nSPS) is 29.7. The van der Waals surface area contributed by atoms with E-state index in [0.717, 1.165) is 31.9 Å². The fourth-order valence-electron chi connectivity index (χ4n) is 6.68. The highest BCUT2D eigenvalue weighted by atomic mass is 16.5. The number of hydrogen-bond donors (Lipinski definition) is 4. The molecule has 2 saturated carbocycles. The molecule has 5 rings (SSSR count). The van der Waals surface area contributed by atoms with Crippen LogP contribution in [0.25, 0.3) is 0 Å². The monoisotopic (exact) mass is 504 g/mol. The number of aliphatic hydroxyl groups is 1. The fourth-order valence-corrected chi connectivity index (χ4v) is 6.68. The van der Waals surface area contributed by atoms with Crippen molar-refractivity contribution in [2.75, 3.05) is 33.4 Å². The van der Waals surface area contributed by atoms with E-state index in [2.05, 4.69) is 11.0 Å². The van der Waals surface area contributed by atoms with Crippen molar-refractivity contribution in [3.63, 3.8) is 0 Å². The lowest BCUT2D eigenvalue weighted by Crippen LogP contribution is -2.66. The van der Waals surface area contributed by atoms with E-state index in [-0.39, 0.29) is 11.5 Å². The first-order valence-corrected chi connectivity index (χ1v) is 12.5. The number of carboxylic acid groups (broad SMARTS) is 2. The van der Waals surface area contributed by atoms with Gasteiger partial charge in [-0.3, -0.25) is 14.5 Å². The van der Waals surface area contributed by atoms with E-state index in [4.69, 9.17) is 30.5 Å². The van der Waals surface area contributed by atoms with E-state index in [1.165, 1.54) is 32.1 Å². The number of aliphatic carboxylic acids is 2. The number of ether oxygens (including phenoxy) is 2. The van der Waals surface area contributed by atoms with Gasteiger partial charge in [0, 0.05) is 49.1 Å². The van der Waals surface area contributed by atoms with Gasteiger partial charge >= 0.3 is 11.9 Å². The van der Waals surface area contributed by atoms with Crippen molar-refractivity contribution in [1.82, 2.24) is 4.90 Å². The molecule has 36 heavy (non-hydrogen) atoms. The molecule has 1 aromatic carbocycles. The Kier molecular flexibility index (Phi) is 7.70. The second-order valence-electron chi connectivity index (χ2n) is 10.7. The number of piperidine rings is 1. The maximum atomic E-state index is 11.7. The van der Waals surface area contributed by atoms with Crippen LogP contribution < -0.4 is 5.73 Å². The lowest BCUT2D eigenvalue weighted by atomic mass is 9.59. The molecule has 1 unspecified atom stereocenters. The van der Waals surface area contributed by atoms with Crippen LogP contribution >= 0.6 is 0 Å². The minimum Gasteiger partial charge on any atom is -0.481 e. The summed E-state index contributed by atoms with van der Waals surface area (Å²) in [6.07, 6.45) is 3.68. The van der Waals surface area contributed by atoms with Crippen LogP contribution in [0, 0.1) is 17.3 Å². The maximum Gasteiger partial charge on any atom is 0.333 e. The van der Waals surface area contributed by atoms with E-state index in [0.29, 0.717) is 28.9 Å².